The van der Waals surface area contributed by atoms with E-state index in [9.17, 15) is 4.79 Å². The molecule has 0 aliphatic carbocycles. The van der Waals surface area contributed by atoms with Gasteiger partial charge >= 0.3 is 0 Å². The van der Waals surface area contributed by atoms with E-state index in [1.807, 2.05) is 24.3 Å². The molecule has 0 saturated heterocycles. The highest BCUT2D eigenvalue weighted by Gasteiger charge is 2.11. The van der Waals surface area contributed by atoms with Crippen LogP contribution in [0.25, 0.3) is 11.4 Å². The van der Waals surface area contributed by atoms with Crippen LogP contribution in [0.1, 0.15) is 12.3 Å². The van der Waals surface area contributed by atoms with Crippen molar-refractivity contribution in [2.45, 2.75) is 12.8 Å². The molecule has 1 amide bonds. The number of amides is 1. The van der Waals surface area contributed by atoms with Gasteiger partial charge in [0.2, 0.25) is 17.6 Å². The van der Waals surface area contributed by atoms with E-state index in [0.29, 0.717) is 24.0 Å². The molecule has 124 valence electrons. The summed E-state index contributed by atoms with van der Waals surface area (Å²) in [4.78, 5) is 16.2. The Morgan fingerprint density at radius 1 is 1.29 bits per heavy atom. The van der Waals surface area contributed by atoms with Crippen LogP contribution in [0.15, 0.2) is 41.1 Å². The van der Waals surface area contributed by atoms with Crippen LogP contribution in [0.3, 0.4) is 0 Å². The average molecular weight is 327 g/mol. The highest BCUT2D eigenvalue weighted by atomic mass is 16.5. The summed E-state index contributed by atoms with van der Waals surface area (Å²) in [6, 6.07) is 9.08. The first-order chi connectivity index (χ1) is 11.6. The van der Waals surface area contributed by atoms with Gasteiger partial charge in [0.05, 0.1) is 7.11 Å². The second kappa shape index (κ2) is 6.95. The molecule has 24 heavy (non-hydrogen) atoms. The molecule has 2 aromatic heterocycles. The molecule has 1 aromatic carbocycles. The highest BCUT2D eigenvalue weighted by molar-refractivity contribution is 5.89. The van der Waals surface area contributed by atoms with E-state index in [1.165, 1.54) is 0 Å². The number of methoxy groups -OCH3 is 1. The van der Waals surface area contributed by atoms with Crippen molar-refractivity contribution in [3.63, 3.8) is 0 Å². The SMILES string of the molecule is COc1ccc(-c2noc(CCC(=O)Nc3ccn(C)n3)n2)cc1. The molecule has 0 bridgehead atoms. The molecule has 0 aliphatic rings. The van der Waals surface area contributed by atoms with Crippen LogP contribution in [0, 0.1) is 0 Å². The number of benzene rings is 1. The quantitative estimate of drug-likeness (QED) is 0.744. The number of anilines is 1. The van der Waals surface area contributed by atoms with Crippen molar-refractivity contribution >= 4 is 11.7 Å². The third-order valence-electron chi connectivity index (χ3n) is 3.36. The van der Waals surface area contributed by atoms with Crippen molar-refractivity contribution < 1.29 is 14.1 Å². The topological polar surface area (TPSA) is 95.1 Å². The number of rotatable bonds is 6. The number of carbonyl (C=O) groups excluding carboxylic acids is 1. The van der Waals surface area contributed by atoms with Gasteiger partial charge in [0, 0.05) is 37.7 Å². The minimum Gasteiger partial charge on any atom is -0.497 e. The monoisotopic (exact) mass is 327 g/mol. The molecule has 8 nitrogen and oxygen atoms in total. The van der Waals surface area contributed by atoms with E-state index in [1.54, 1.807) is 31.1 Å². The lowest BCUT2D eigenvalue weighted by Crippen LogP contribution is -2.13. The van der Waals surface area contributed by atoms with Gasteiger partial charge in [-0.15, -0.1) is 0 Å². The molecule has 0 unspecified atom stereocenters. The van der Waals surface area contributed by atoms with Gasteiger partial charge in [-0.05, 0) is 24.3 Å². The highest BCUT2D eigenvalue weighted by Crippen LogP contribution is 2.20. The van der Waals surface area contributed by atoms with E-state index in [-0.39, 0.29) is 12.3 Å². The van der Waals surface area contributed by atoms with Gasteiger partial charge in [-0.25, -0.2) is 0 Å². The van der Waals surface area contributed by atoms with E-state index in [0.717, 1.165) is 11.3 Å². The second-order valence-corrected chi connectivity index (χ2v) is 5.16. The molecule has 0 spiro atoms. The lowest BCUT2D eigenvalue weighted by atomic mass is 10.2. The first-order valence-corrected chi connectivity index (χ1v) is 7.40. The van der Waals surface area contributed by atoms with Crippen LogP contribution in [0.5, 0.6) is 5.75 Å². The predicted molar refractivity (Wildman–Crippen MR) is 86.4 cm³/mol. The maximum Gasteiger partial charge on any atom is 0.227 e. The molecule has 0 saturated carbocycles. The minimum atomic E-state index is -0.155. The Hall–Kier alpha value is -3.16. The Kier molecular flexibility index (Phi) is 4.55. The summed E-state index contributed by atoms with van der Waals surface area (Å²) >= 11 is 0. The number of ether oxygens (including phenoxy) is 1. The van der Waals surface area contributed by atoms with Gasteiger partial charge in [0.25, 0.3) is 0 Å². The average Bonchev–Trinajstić information content (AvgIpc) is 3.22. The standard InChI is InChI=1S/C16H17N5O3/c1-21-10-9-13(19-21)17-14(22)7-8-15-18-16(20-24-15)11-3-5-12(23-2)6-4-11/h3-6,9-10H,7-8H2,1-2H3,(H,17,19,22). The fraction of sp³-hybridized carbons (Fsp3) is 0.250. The Morgan fingerprint density at radius 3 is 2.75 bits per heavy atom. The lowest BCUT2D eigenvalue weighted by molar-refractivity contribution is -0.116. The third-order valence-corrected chi connectivity index (χ3v) is 3.36. The number of nitrogens with one attached hydrogen (secondary N) is 1. The molecule has 1 N–H and O–H groups in total. The van der Waals surface area contributed by atoms with E-state index < -0.39 is 0 Å². The normalized spacial score (nSPS) is 10.6. The molecule has 0 aliphatic heterocycles. The van der Waals surface area contributed by atoms with Gasteiger partial charge < -0.3 is 14.6 Å². The van der Waals surface area contributed by atoms with E-state index in [4.69, 9.17) is 9.26 Å². The van der Waals surface area contributed by atoms with Crippen LogP contribution < -0.4 is 10.1 Å². The van der Waals surface area contributed by atoms with Crippen molar-refractivity contribution in [1.29, 1.82) is 0 Å². The van der Waals surface area contributed by atoms with Gasteiger partial charge in [-0.1, -0.05) is 5.16 Å². The third kappa shape index (κ3) is 3.78. The Labute approximate surface area is 138 Å². The van der Waals surface area contributed by atoms with Crippen LogP contribution in [-0.4, -0.2) is 32.9 Å². The largest absolute Gasteiger partial charge is 0.497 e. The number of hydrogen-bond donors (Lipinski definition) is 1. The molecule has 0 radical (unpaired) electrons. The second-order valence-electron chi connectivity index (χ2n) is 5.16. The van der Waals surface area contributed by atoms with Gasteiger partial charge in [0.15, 0.2) is 5.82 Å². The lowest BCUT2D eigenvalue weighted by Gasteiger charge is -1.99. The maximum absolute atomic E-state index is 11.9. The molecule has 8 heteroatoms. The summed E-state index contributed by atoms with van der Waals surface area (Å²) in [7, 11) is 3.40. The smallest absolute Gasteiger partial charge is 0.227 e. The molecule has 3 aromatic rings. The molecule has 2 heterocycles. The van der Waals surface area contributed by atoms with E-state index in [2.05, 4.69) is 20.6 Å². The maximum atomic E-state index is 11.9. The first-order valence-electron chi connectivity index (χ1n) is 7.40. The summed E-state index contributed by atoms with van der Waals surface area (Å²) < 4.78 is 11.9. The molecule has 3 rings (SSSR count). The number of nitrogens with zero attached hydrogens (tertiary/aromatic N) is 4. The zero-order valence-corrected chi connectivity index (χ0v) is 13.4. The Balaban J connectivity index is 1.56. The number of aromatic nitrogens is 4. The van der Waals surface area contributed by atoms with Gasteiger partial charge in [-0.3, -0.25) is 9.48 Å². The molecule has 0 fully saturated rings. The van der Waals surface area contributed by atoms with E-state index >= 15 is 0 Å². The molecular weight excluding hydrogens is 310 g/mol. The Morgan fingerprint density at radius 2 is 2.08 bits per heavy atom. The van der Waals surface area contributed by atoms with Crippen molar-refractivity contribution in [2.24, 2.45) is 7.05 Å². The van der Waals surface area contributed by atoms with Crippen molar-refractivity contribution in [3.05, 3.63) is 42.4 Å². The number of hydrogen-bond acceptors (Lipinski definition) is 6. The minimum absolute atomic E-state index is 0.155. The number of aryl methyl sites for hydroxylation is 2. The predicted octanol–water partition coefficient (Wildman–Crippen LogP) is 2.05. The summed E-state index contributed by atoms with van der Waals surface area (Å²) in [5.41, 5.74) is 0.823. The van der Waals surface area contributed by atoms with Crippen molar-refractivity contribution in [1.82, 2.24) is 19.9 Å². The summed E-state index contributed by atoms with van der Waals surface area (Å²) in [5, 5.41) is 10.7. The van der Waals surface area contributed by atoms with Gasteiger partial charge in [0.1, 0.15) is 5.75 Å². The van der Waals surface area contributed by atoms with Gasteiger partial charge in [-0.2, -0.15) is 10.1 Å². The van der Waals surface area contributed by atoms with Crippen molar-refractivity contribution in [2.75, 3.05) is 12.4 Å². The summed E-state index contributed by atoms with van der Waals surface area (Å²) in [6.07, 6.45) is 2.36. The summed E-state index contributed by atoms with van der Waals surface area (Å²) in [6.45, 7) is 0. The van der Waals surface area contributed by atoms with Crippen LogP contribution in [0.2, 0.25) is 0 Å². The fourth-order valence-corrected chi connectivity index (χ4v) is 2.12. The van der Waals surface area contributed by atoms with Crippen LogP contribution in [-0.2, 0) is 18.3 Å². The zero-order chi connectivity index (χ0) is 16.9. The van der Waals surface area contributed by atoms with Crippen LogP contribution in [0.4, 0.5) is 5.82 Å². The summed E-state index contributed by atoms with van der Waals surface area (Å²) in [5.74, 6) is 2.02. The number of carbonyl (C=O) groups is 1. The van der Waals surface area contributed by atoms with Crippen molar-refractivity contribution in [3.8, 4) is 17.1 Å². The van der Waals surface area contributed by atoms with Crippen LogP contribution >= 0.6 is 0 Å². The zero-order valence-electron chi connectivity index (χ0n) is 13.4. The Bertz CT molecular complexity index is 822. The molecular formula is C16H17N5O3. The molecule has 0 atom stereocenters. The first kappa shape index (κ1) is 15.7. The fourth-order valence-electron chi connectivity index (χ4n) is 2.12.